The minimum atomic E-state index is -0.0801. The van der Waals surface area contributed by atoms with Crippen molar-refractivity contribution in [1.82, 2.24) is 9.47 Å². The van der Waals surface area contributed by atoms with Crippen LogP contribution in [0.4, 0.5) is 5.69 Å². The number of benzene rings is 2. The standard InChI is InChI=1S/C25H19N3O2S/c29-24-23(16-19-13-14-27(17-19)21-10-5-2-6-11-21)31-25(26-20-8-3-1-4-9-20)28(24)18-22-12-7-15-30-22/h1-17H,18H2/b23-16+,26-25?. The lowest BCUT2D eigenvalue weighted by atomic mass is 10.3. The van der Waals surface area contributed by atoms with Crippen LogP contribution in [0.2, 0.25) is 0 Å². The van der Waals surface area contributed by atoms with E-state index in [1.165, 1.54) is 11.8 Å². The summed E-state index contributed by atoms with van der Waals surface area (Å²) in [4.78, 5) is 20.2. The molecule has 2 aromatic carbocycles. The lowest BCUT2D eigenvalue weighted by Gasteiger charge is -2.13. The number of rotatable bonds is 5. The smallest absolute Gasteiger partial charge is 0.267 e. The molecule has 0 atom stereocenters. The molecule has 1 amide bonds. The molecule has 1 aliphatic rings. The van der Waals surface area contributed by atoms with Gasteiger partial charge in [-0.15, -0.1) is 0 Å². The molecule has 1 aliphatic heterocycles. The highest BCUT2D eigenvalue weighted by Crippen LogP contribution is 2.35. The lowest BCUT2D eigenvalue weighted by molar-refractivity contribution is -0.122. The van der Waals surface area contributed by atoms with E-state index in [1.807, 2.05) is 102 Å². The molecule has 6 heteroatoms. The first-order valence-electron chi connectivity index (χ1n) is 9.87. The van der Waals surface area contributed by atoms with E-state index >= 15 is 0 Å². The number of hydrogen-bond acceptors (Lipinski definition) is 4. The van der Waals surface area contributed by atoms with Crippen LogP contribution in [-0.2, 0) is 11.3 Å². The van der Waals surface area contributed by atoms with Crippen molar-refractivity contribution in [3.8, 4) is 5.69 Å². The molecule has 1 fully saturated rings. The second kappa shape index (κ2) is 8.53. The van der Waals surface area contributed by atoms with Crippen LogP contribution in [0.15, 0.2) is 112 Å². The Balaban J connectivity index is 1.46. The minimum Gasteiger partial charge on any atom is -0.467 e. The first kappa shape index (κ1) is 19.2. The fourth-order valence-corrected chi connectivity index (χ4v) is 4.31. The van der Waals surface area contributed by atoms with Crippen LogP contribution in [0.1, 0.15) is 11.3 Å². The number of nitrogens with zero attached hydrogens (tertiary/aromatic N) is 3. The van der Waals surface area contributed by atoms with E-state index in [1.54, 1.807) is 11.2 Å². The number of furan rings is 1. The maximum absolute atomic E-state index is 13.2. The average Bonchev–Trinajstić information content (AvgIpc) is 3.54. The molecule has 152 valence electrons. The normalized spacial score (nSPS) is 16.5. The molecule has 1 saturated heterocycles. The van der Waals surface area contributed by atoms with Gasteiger partial charge in [0, 0.05) is 18.1 Å². The Morgan fingerprint density at radius 3 is 2.45 bits per heavy atom. The third-order valence-electron chi connectivity index (χ3n) is 4.83. The Hall–Kier alpha value is -3.77. The summed E-state index contributed by atoms with van der Waals surface area (Å²) in [7, 11) is 0. The van der Waals surface area contributed by atoms with E-state index in [0.29, 0.717) is 22.4 Å². The van der Waals surface area contributed by atoms with Gasteiger partial charge < -0.3 is 8.98 Å². The van der Waals surface area contributed by atoms with E-state index in [0.717, 1.165) is 16.9 Å². The highest BCUT2D eigenvalue weighted by molar-refractivity contribution is 8.18. The summed E-state index contributed by atoms with van der Waals surface area (Å²) in [5, 5.41) is 0.640. The van der Waals surface area contributed by atoms with Gasteiger partial charge in [0.2, 0.25) is 0 Å². The zero-order chi connectivity index (χ0) is 21.0. The number of carbonyl (C=O) groups excluding carboxylic acids is 1. The van der Waals surface area contributed by atoms with E-state index < -0.39 is 0 Å². The molecule has 5 nitrogen and oxygen atoms in total. The van der Waals surface area contributed by atoms with Crippen molar-refractivity contribution in [2.75, 3.05) is 0 Å². The zero-order valence-corrected chi connectivity index (χ0v) is 17.4. The fraction of sp³-hybridized carbons (Fsp3) is 0.0400. The maximum Gasteiger partial charge on any atom is 0.267 e. The van der Waals surface area contributed by atoms with Crippen molar-refractivity contribution in [3.05, 3.63) is 114 Å². The predicted molar refractivity (Wildman–Crippen MR) is 124 cm³/mol. The van der Waals surface area contributed by atoms with E-state index in [9.17, 15) is 4.79 Å². The highest BCUT2D eigenvalue weighted by Gasteiger charge is 2.34. The average molecular weight is 426 g/mol. The summed E-state index contributed by atoms with van der Waals surface area (Å²) in [5.74, 6) is 0.634. The van der Waals surface area contributed by atoms with Crippen LogP contribution in [0.25, 0.3) is 11.8 Å². The molecule has 0 spiro atoms. The number of thioether (sulfide) groups is 1. The van der Waals surface area contributed by atoms with Crippen molar-refractivity contribution < 1.29 is 9.21 Å². The SMILES string of the molecule is O=C1/C(=C\c2ccn(-c3ccccc3)c2)SC(=Nc2ccccc2)N1Cc1ccco1. The van der Waals surface area contributed by atoms with E-state index in [2.05, 4.69) is 0 Å². The maximum atomic E-state index is 13.2. The van der Waals surface area contributed by atoms with Gasteiger partial charge in [0.1, 0.15) is 5.76 Å². The lowest BCUT2D eigenvalue weighted by Crippen LogP contribution is -2.28. The third kappa shape index (κ3) is 4.25. The summed E-state index contributed by atoms with van der Waals surface area (Å²) in [6, 6.07) is 25.4. The molecular weight excluding hydrogens is 406 g/mol. The minimum absolute atomic E-state index is 0.0801. The van der Waals surface area contributed by atoms with E-state index in [4.69, 9.17) is 9.41 Å². The Morgan fingerprint density at radius 1 is 0.935 bits per heavy atom. The number of hydrogen-bond donors (Lipinski definition) is 0. The predicted octanol–water partition coefficient (Wildman–Crippen LogP) is 5.87. The van der Waals surface area contributed by atoms with Crippen molar-refractivity contribution >= 4 is 34.6 Å². The van der Waals surface area contributed by atoms with Crippen LogP contribution in [0.5, 0.6) is 0 Å². The second-order valence-corrected chi connectivity index (χ2v) is 8.01. The molecule has 4 aromatic rings. The van der Waals surface area contributed by atoms with Gasteiger partial charge >= 0.3 is 0 Å². The Morgan fingerprint density at radius 2 is 1.71 bits per heavy atom. The Labute approximate surface area is 184 Å². The van der Waals surface area contributed by atoms with Gasteiger partial charge in [-0.05, 0) is 65.9 Å². The van der Waals surface area contributed by atoms with Gasteiger partial charge in [-0.1, -0.05) is 36.4 Å². The van der Waals surface area contributed by atoms with E-state index in [-0.39, 0.29) is 5.91 Å². The molecule has 0 N–H and O–H groups in total. The second-order valence-electron chi connectivity index (χ2n) is 7.00. The summed E-state index contributed by atoms with van der Waals surface area (Å²) in [6.07, 6.45) is 7.53. The number of carbonyl (C=O) groups is 1. The molecular formula is C25H19N3O2S. The molecule has 31 heavy (non-hydrogen) atoms. The van der Waals surface area contributed by atoms with Crippen molar-refractivity contribution in [2.45, 2.75) is 6.54 Å². The van der Waals surface area contributed by atoms with Gasteiger partial charge in [0.15, 0.2) is 5.17 Å². The van der Waals surface area contributed by atoms with Gasteiger partial charge in [0.25, 0.3) is 5.91 Å². The molecule has 0 aliphatic carbocycles. The largest absolute Gasteiger partial charge is 0.467 e. The molecule has 0 saturated carbocycles. The van der Waals surface area contributed by atoms with Gasteiger partial charge in [-0.25, -0.2) is 4.99 Å². The number of aromatic nitrogens is 1. The topological polar surface area (TPSA) is 50.7 Å². The summed E-state index contributed by atoms with van der Waals surface area (Å²) in [6.45, 7) is 0.340. The molecule has 3 heterocycles. The zero-order valence-electron chi connectivity index (χ0n) is 16.6. The summed E-state index contributed by atoms with van der Waals surface area (Å²) >= 11 is 1.38. The first-order chi connectivity index (χ1) is 15.3. The quantitative estimate of drug-likeness (QED) is 0.376. The Bertz CT molecular complexity index is 1240. The van der Waals surface area contributed by atoms with Crippen LogP contribution in [0.3, 0.4) is 0 Å². The third-order valence-corrected chi connectivity index (χ3v) is 5.84. The van der Waals surface area contributed by atoms with Crippen molar-refractivity contribution in [1.29, 1.82) is 0 Å². The number of amidine groups is 1. The molecule has 2 aromatic heterocycles. The summed E-state index contributed by atoms with van der Waals surface area (Å²) < 4.78 is 7.50. The Kier molecular flexibility index (Phi) is 5.29. The number of aliphatic imine (C=N–C) groups is 1. The van der Waals surface area contributed by atoms with Gasteiger partial charge in [-0.2, -0.15) is 0 Å². The van der Waals surface area contributed by atoms with Crippen molar-refractivity contribution in [3.63, 3.8) is 0 Å². The number of para-hydroxylation sites is 2. The van der Waals surface area contributed by atoms with Crippen LogP contribution >= 0.6 is 11.8 Å². The van der Waals surface area contributed by atoms with Crippen LogP contribution in [0, 0.1) is 0 Å². The number of amides is 1. The molecule has 0 unspecified atom stereocenters. The van der Waals surface area contributed by atoms with Gasteiger partial charge in [0.05, 0.1) is 23.4 Å². The molecule has 0 radical (unpaired) electrons. The van der Waals surface area contributed by atoms with Crippen LogP contribution in [-0.4, -0.2) is 20.5 Å². The highest BCUT2D eigenvalue weighted by atomic mass is 32.2. The monoisotopic (exact) mass is 425 g/mol. The van der Waals surface area contributed by atoms with Gasteiger partial charge in [-0.3, -0.25) is 9.69 Å². The fourth-order valence-electron chi connectivity index (χ4n) is 3.31. The molecule has 5 rings (SSSR count). The summed E-state index contributed by atoms with van der Waals surface area (Å²) in [5.41, 5.74) is 2.83. The molecule has 0 bridgehead atoms. The van der Waals surface area contributed by atoms with Crippen LogP contribution < -0.4 is 0 Å². The first-order valence-corrected chi connectivity index (χ1v) is 10.7. The van der Waals surface area contributed by atoms with Crippen molar-refractivity contribution in [2.24, 2.45) is 4.99 Å².